The van der Waals surface area contributed by atoms with Gasteiger partial charge in [-0.25, -0.2) is 0 Å². The predicted octanol–water partition coefficient (Wildman–Crippen LogP) is 2.74. The number of rotatable bonds is 6. The van der Waals surface area contributed by atoms with Gasteiger partial charge in [-0.2, -0.15) is 0 Å². The van der Waals surface area contributed by atoms with Crippen molar-refractivity contribution in [1.29, 1.82) is 0 Å². The second-order valence-electron chi connectivity index (χ2n) is 7.86. The van der Waals surface area contributed by atoms with Crippen molar-refractivity contribution >= 4 is 5.91 Å². The molecule has 154 valence electrons. The summed E-state index contributed by atoms with van der Waals surface area (Å²) in [4.78, 5) is 21.4. The van der Waals surface area contributed by atoms with Crippen LogP contribution in [0.25, 0.3) is 0 Å². The van der Waals surface area contributed by atoms with Crippen LogP contribution in [0.5, 0.6) is 5.75 Å². The highest BCUT2D eigenvalue weighted by Crippen LogP contribution is 2.30. The van der Waals surface area contributed by atoms with Crippen LogP contribution in [0.1, 0.15) is 25.0 Å². The predicted molar refractivity (Wildman–Crippen MR) is 111 cm³/mol. The van der Waals surface area contributed by atoms with E-state index in [2.05, 4.69) is 16.0 Å². The number of hydrogen-bond donors (Lipinski definition) is 0. The molecule has 1 aromatic carbocycles. The number of ether oxygens (including phenoxy) is 2. The van der Waals surface area contributed by atoms with Gasteiger partial charge in [0.1, 0.15) is 12.4 Å². The number of carbonyl (C=O) groups is 1. The maximum absolute atomic E-state index is 12.6. The molecule has 6 nitrogen and oxygen atoms in total. The largest absolute Gasteiger partial charge is 0.492 e. The molecule has 29 heavy (non-hydrogen) atoms. The fourth-order valence-electron chi connectivity index (χ4n) is 4.13. The Labute approximate surface area is 172 Å². The molecule has 0 radical (unpaired) electrons. The first-order valence-electron chi connectivity index (χ1n) is 10.4. The standard InChI is InChI=1S/C23H29N3O3/c27-22-9-16-29-23(19-26(22)15-17-28-21-7-2-1-3-8-21)10-13-25(14-11-23)18-20-6-4-5-12-24-20/h1-8,12H,9-11,13-19H2. The fraction of sp³-hybridized carbons (Fsp3) is 0.478. The highest BCUT2D eigenvalue weighted by atomic mass is 16.5. The Morgan fingerprint density at radius 3 is 2.62 bits per heavy atom. The van der Waals surface area contributed by atoms with Crippen molar-refractivity contribution in [3.05, 3.63) is 60.4 Å². The molecule has 3 heterocycles. The van der Waals surface area contributed by atoms with Crippen molar-refractivity contribution in [2.24, 2.45) is 0 Å². The second kappa shape index (κ2) is 9.37. The lowest BCUT2D eigenvalue weighted by Gasteiger charge is -2.42. The van der Waals surface area contributed by atoms with Crippen molar-refractivity contribution in [2.45, 2.75) is 31.4 Å². The van der Waals surface area contributed by atoms with Gasteiger partial charge in [0.2, 0.25) is 5.91 Å². The SMILES string of the molecule is O=C1CCOC2(CCN(Cc3ccccn3)CC2)CN1CCOc1ccccc1. The molecule has 1 aromatic heterocycles. The first kappa shape index (κ1) is 19.9. The molecule has 0 atom stereocenters. The van der Waals surface area contributed by atoms with Gasteiger partial charge < -0.3 is 14.4 Å². The molecular weight excluding hydrogens is 366 g/mol. The Morgan fingerprint density at radius 1 is 1.07 bits per heavy atom. The number of likely N-dealkylation sites (tertiary alicyclic amines) is 1. The van der Waals surface area contributed by atoms with Crippen LogP contribution >= 0.6 is 0 Å². The summed E-state index contributed by atoms with van der Waals surface area (Å²) in [7, 11) is 0. The van der Waals surface area contributed by atoms with E-state index in [0.717, 1.165) is 43.9 Å². The van der Waals surface area contributed by atoms with E-state index in [1.807, 2.05) is 53.6 Å². The highest BCUT2D eigenvalue weighted by molar-refractivity contribution is 5.76. The van der Waals surface area contributed by atoms with E-state index in [-0.39, 0.29) is 11.5 Å². The molecule has 1 spiro atoms. The normalized spacial score (nSPS) is 19.9. The summed E-state index contributed by atoms with van der Waals surface area (Å²) in [6, 6.07) is 15.8. The van der Waals surface area contributed by atoms with Gasteiger partial charge in [-0.15, -0.1) is 0 Å². The number of aromatic nitrogens is 1. The number of para-hydroxylation sites is 1. The lowest BCUT2D eigenvalue weighted by atomic mass is 9.90. The second-order valence-corrected chi connectivity index (χ2v) is 7.86. The topological polar surface area (TPSA) is 54.9 Å². The third kappa shape index (κ3) is 5.34. The summed E-state index contributed by atoms with van der Waals surface area (Å²) in [6.07, 6.45) is 4.16. The molecule has 0 bridgehead atoms. The number of benzene rings is 1. The number of pyridine rings is 1. The van der Waals surface area contributed by atoms with Crippen LogP contribution in [-0.2, 0) is 16.1 Å². The number of piperidine rings is 1. The zero-order valence-electron chi connectivity index (χ0n) is 16.8. The van der Waals surface area contributed by atoms with E-state index >= 15 is 0 Å². The molecule has 2 aliphatic heterocycles. The summed E-state index contributed by atoms with van der Waals surface area (Å²) >= 11 is 0. The first-order chi connectivity index (χ1) is 14.2. The van der Waals surface area contributed by atoms with Crippen molar-refractivity contribution in [2.75, 3.05) is 39.4 Å². The molecular formula is C23H29N3O3. The van der Waals surface area contributed by atoms with Crippen LogP contribution in [0.2, 0.25) is 0 Å². The minimum atomic E-state index is -0.237. The fourth-order valence-corrected chi connectivity index (χ4v) is 4.13. The Morgan fingerprint density at radius 2 is 1.86 bits per heavy atom. The molecule has 2 aromatic rings. The summed E-state index contributed by atoms with van der Waals surface area (Å²) < 4.78 is 12.1. The molecule has 6 heteroatoms. The maximum atomic E-state index is 12.6. The molecule has 2 fully saturated rings. The van der Waals surface area contributed by atoms with Gasteiger partial charge in [0.15, 0.2) is 0 Å². The van der Waals surface area contributed by atoms with Gasteiger partial charge in [-0.3, -0.25) is 14.7 Å². The first-order valence-corrected chi connectivity index (χ1v) is 10.4. The van der Waals surface area contributed by atoms with Gasteiger partial charge in [0, 0.05) is 32.4 Å². The number of amides is 1. The average Bonchev–Trinajstić information content (AvgIpc) is 2.90. The number of carbonyl (C=O) groups excluding carboxylic acids is 1. The Bertz CT molecular complexity index is 776. The van der Waals surface area contributed by atoms with Crippen LogP contribution in [0, 0.1) is 0 Å². The van der Waals surface area contributed by atoms with Crippen molar-refractivity contribution < 1.29 is 14.3 Å². The van der Waals surface area contributed by atoms with E-state index in [1.165, 1.54) is 0 Å². The smallest absolute Gasteiger partial charge is 0.225 e. The highest BCUT2D eigenvalue weighted by Gasteiger charge is 2.40. The van der Waals surface area contributed by atoms with Gasteiger partial charge in [-0.1, -0.05) is 24.3 Å². The van der Waals surface area contributed by atoms with Crippen LogP contribution < -0.4 is 4.74 Å². The van der Waals surface area contributed by atoms with Gasteiger partial charge in [0.05, 0.1) is 30.9 Å². The van der Waals surface area contributed by atoms with Crippen LogP contribution in [0.15, 0.2) is 54.7 Å². The third-order valence-electron chi connectivity index (χ3n) is 5.81. The number of nitrogens with zero attached hydrogens (tertiary/aromatic N) is 3. The molecule has 2 aliphatic rings. The van der Waals surface area contributed by atoms with Gasteiger partial charge in [0.25, 0.3) is 0 Å². The van der Waals surface area contributed by atoms with E-state index in [1.54, 1.807) is 0 Å². The molecule has 1 amide bonds. The van der Waals surface area contributed by atoms with Crippen molar-refractivity contribution in [1.82, 2.24) is 14.8 Å². The molecule has 0 aliphatic carbocycles. The summed E-state index contributed by atoms with van der Waals surface area (Å²) in [5, 5.41) is 0. The van der Waals surface area contributed by atoms with Gasteiger partial charge >= 0.3 is 0 Å². The quantitative estimate of drug-likeness (QED) is 0.753. The number of hydrogen-bond acceptors (Lipinski definition) is 5. The lowest BCUT2D eigenvalue weighted by molar-refractivity contribution is -0.132. The summed E-state index contributed by atoms with van der Waals surface area (Å²) in [5.74, 6) is 0.998. The molecule has 4 rings (SSSR count). The van der Waals surface area contributed by atoms with Crippen LogP contribution in [0.4, 0.5) is 0 Å². The summed E-state index contributed by atoms with van der Waals surface area (Å²) in [5.41, 5.74) is 0.861. The molecule has 0 saturated carbocycles. The van der Waals surface area contributed by atoms with Crippen LogP contribution in [0.3, 0.4) is 0 Å². The minimum absolute atomic E-state index is 0.162. The Kier molecular flexibility index (Phi) is 6.42. The molecule has 0 unspecified atom stereocenters. The zero-order valence-corrected chi connectivity index (χ0v) is 16.8. The maximum Gasteiger partial charge on any atom is 0.225 e. The Hall–Kier alpha value is -2.44. The van der Waals surface area contributed by atoms with E-state index < -0.39 is 0 Å². The molecule has 2 saturated heterocycles. The minimum Gasteiger partial charge on any atom is -0.492 e. The van der Waals surface area contributed by atoms with Crippen molar-refractivity contribution in [3.8, 4) is 5.75 Å². The third-order valence-corrected chi connectivity index (χ3v) is 5.81. The summed E-state index contributed by atoms with van der Waals surface area (Å²) in [6.45, 7) is 5.04. The van der Waals surface area contributed by atoms with E-state index in [4.69, 9.17) is 9.47 Å². The molecule has 0 N–H and O–H groups in total. The van der Waals surface area contributed by atoms with Crippen LogP contribution in [-0.4, -0.2) is 65.7 Å². The zero-order chi connectivity index (χ0) is 19.9. The lowest BCUT2D eigenvalue weighted by Crippen LogP contribution is -2.52. The van der Waals surface area contributed by atoms with E-state index in [0.29, 0.717) is 32.7 Å². The van der Waals surface area contributed by atoms with E-state index in [9.17, 15) is 4.79 Å². The Balaban J connectivity index is 1.31. The van der Waals surface area contributed by atoms with Gasteiger partial charge in [-0.05, 0) is 37.1 Å². The monoisotopic (exact) mass is 395 g/mol. The van der Waals surface area contributed by atoms with Crippen molar-refractivity contribution in [3.63, 3.8) is 0 Å². The average molecular weight is 396 g/mol.